The summed E-state index contributed by atoms with van der Waals surface area (Å²) in [7, 11) is -3.56. The Morgan fingerprint density at radius 3 is 2.41 bits per heavy atom. The van der Waals surface area contributed by atoms with Gasteiger partial charge in [0.1, 0.15) is 0 Å². The average molecular weight is 422 g/mol. The molecule has 1 aromatic rings. The molecule has 0 saturated carbocycles. The molecule has 2 amide bonds. The number of nitrogens with one attached hydrogen (secondary N) is 1. The van der Waals surface area contributed by atoms with Gasteiger partial charge in [-0.3, -0.25) is 9.59 Å². The van der Waals surface area contributed by atoms with Gasteiger partial charge in [-0.1, -0.05) is 25.3 Å². The zero-order chi connectivity index (χ0) is 20.9. The molecule has 0 aromatic heterocycles. The fourth-order valence-electron chi connectivity index (χ4n) is 3.90. The molecule has 2 aliphatic rings. The lowest BCUT2D eigenvalue weighted by Gasteiger charge is -2.26. The van der Waals surface area contributed by atoms with Crippen molar-refractivity contribution in [2.45, 2.75) is 63.2 Å². The van der Waals surface area contributed by atoms with Crippen LogP contribution < -0.4 is 5.32 Å². The van der Waals surface area contributed by atoms with Gasteiger partial charge in [-0.15, -0.1) is 0 Å². The molecule has 2 fully saturated rings. The topological polar surface area (TPSA) is 86.8 Å². The fraction of sp³-hybridized carbons (Fsp3) is 0.619. The molecule has 1 aromatic carbocycles. The second-order valence-electron chi connectivity index (χ2n) is 7.97. The van der Waals surface area contributed by atoms with E-state index in [-0.39, 0.29) is 23.3 Å². The van der Waals surface area contributed by atoms with Crippen LogP contribution in [0.15, 0.2) is 23.1 Å². The minimum Gasteiger partial charge on any atom is -0.333 e. The third-order valence-corrected chi connectivity index (χ3v) is 7.59. The summed E-state index contributed by atoms with van der Waals surface area (Å²) in [5.41, 5.74) is 1.27. The second kappa shape index (κ2) is 9.71. The van der Waals surface area contributed by atoms with Crippen LogP contribution in [0, 0.1) is 6.92 Å². The van der Waals surface area contributed by atoms with E-state index in [4.69, 9.17) is 0 Å². The molecule has 7 nitrogen and oxygen atoms in total. The van der Waals surface area contributed by atoms with Crippen molar-refractivity contribution in [3.05, 3.63) is 23.8 Å². The smallest absolute Gasteiger partial charge is 0.244 e. The SMILES string of the molecule is Cc1ccc(S(=O)(=O)N2CCCCC2)cc1NC(=O)CN1CCCCCCC1=O. The van der Waals surface area contributed by atoms with E-state index in [1.807, 2.05) is 6.92 Å². The molecule has 2 heterocycles. The van der Waals surface area contributed by atoms with Gasteiger partial charge in [0.15, 0.2) is 0 Å². The maximum atomic E-state index is 12.9. The van der Waals surface area contributed by atoms with Gasteiger partial charge in [-0.05, 0) is 50.3 Å². The van der Waals surface area contributed by atoms with Crippen molar-refractivity contribution in [3.8, 4) is 0 Å². The molecule has 3 rings (SSSR count). The Kier molecular flexibility index (Phi) is 7.29. The predicted molar refractivity (Wildman–Crippen MR) is 112 cm³/mol. The first-order chi connectivity index (χ1) is 13.9. The van der Waals surface area contributed by atoms with Crippen LogP contribution in [-0.2, 0) is 19.6 Å². The van der Waals surface area contributed by atoms with Crippen LogP contribution in [0.4, 0.5) is 5.69 Å². The van der Waals surface area contributed by atoms with E-state index in [0.29, 0.717) is 31.7 Å². The summed E-state index contributed by atoms with van der Waals surface area (Å²) < 4.78 is 27.4. The van der Waals surface area contributed by atoms with E-state index in [2.05, 4.69) is 5.32 Å². The highest BCUT2D eigenvalue weighted by Crippen LogP contribution is 2.25. The second-order valence-corrected chi connectivity index (χ2v) is 9.91. The van der Waals surface area contributed by atoms with Crippen LogP contribution in [0.25, 0.3) is 0 Å². The summed E-state index contributed by atoms with van der Waals surface area (Å²) in [5, 5.41) is 2.81. The number of nitrogens with zero attached hydrogens (tertiary/aromatic N) is 2. The zero-order valence-electron chi connectivity index (χ0n) is 17.2. The lowest BCUT2D eigenvalue weighted by Crippen LogP contribution is -2.39. The standard InChI is InChI=1S/C21H31N3O4S/c1-17-10-11-18(29(27,28)24-13-7-4-8-14-24)15-19(17)22-20(25)16-23-12-6-3-2-5-9-21(23)26/h10-11,15H,2-9,12-14,16H2,1H3,(H,22,25). The van der Waals surface area contributed by atoms with Gasteiger partial charge in [-0.25, -0.2) is 8.42 Å². The van der Waals surface area contributed by atoms with Crippen LogP contribution in [-0.4, -0.2) is 55.6 Å². The number of anilines is 1. The van der Waals surface area contributed by atoms with E-state index in [0.717, 1.165) is 50.5 Å². The summed E-state index contributed by atoms with van der Waals surface area (Å²) in [5.74, 6) is -0.285. The Labute approximate surface area is 173 Å². The molecule has 1 N–H and O–H groups in total. The summed E-state index contributed by atoms with van der Waals surface area (Å²) in [6.07, 6.45) is 7.18. The molecule has 0 bridgehead atoms. The van der Waals surface area contributed by atoms with E-state index < -0.39 is 10.0 Å². The number of amides is 2. The Bertz CT molecular complexity index is 847. The highest BCUT2D eigenvalue weighted by molar-refractivity contribution is 7.89. The number of hydrogen-bond donors (Lipinski definition) is 1. The molecule has 29 heavy (non-hydrogen) atoms. The number of carbonyl (C=O) groups excluding carboxylic acids is 2. The van der Waals surface area contributed by atoms with Gasteiger partial charge in [-0.2, -0.15) is 4.31 Å². The molecule has 0 spiro atoms. The minimum atomic E-state index is -3.56. The number of carbonyl (C=O) groups is 2. The van der Waals surface area contributed by atoms with Crippen molar-refractivity contribution in [1.29, 1.82) is 0 Å². The van der Waals surface area contributed by atoms with E-state index >= 15 is 0 Å². The first-order valence-corrected chi connectivity index (χ1v) is 12.0. The number of rotatable bonds is 5. The Morgan fingerprint density at radius 2 is 1.66 bits per heavy atom. The molecule has 160 valence electrons. The number of benzene rings is 1. The van der Waals surface area contributed by atoms with E-state index in [1.165, 1.54) is 10.4 Å². The van der Waals surface area contributed by atoms with Gasteiger partial charge in [0.25, 0.3) is 0 Å². The lowest BCUT2D eigenvalue weighted by atomic mass is 10.1. The summed E-state index contributed by atoms with van der Waals surface area (Å²) in [4.78, 5) is 26.6. The normalized spacial score (nSPS) is 19.5. The molecular formula is C21H31N3O4S. The van der Waals surface area contributed by atoms with Crippen LogP contribution in [0.1, 0.15) is 56.9 Å². The lowest BCUT2D eigenvalue weighted by molar-refractivity contribution is -0.135. The highest BCUT2D eigenvalue weighted by atomic mass is 32.2. The van der Waals surface area contributed by atoms with Crippen molar-refractivity contribution in [2.75, 3.05) is 31.5 Å². The number of aryl methyl sites for hydroxylation is 1. The Hall–Kier alpha value is -1.93. The maximum Gasteiger partial charge on any atom is 0.244 e. The van der Waals surface area contributed by atoms with Crippen molar-refractivity contribution in [3.63, 3.8) is 0 Å². The molecule has 0 aliphatic carbocycles. The van der Waals surface area contributed by atoms with E-state index in [9.17, 15) is 18.0 Å². The zero-order valence-corrected chi connectivity index (χ0v) is 18.0. The molecular weight excluding hydrogens is 390 g/mol. The summed E-state index contributed by atoms with van der Waals surface area (Å²) >= 11 is 0. The Morgan fingerprint density at radius 1 is 1.00 bits per heavy atom. The first-order valence-electron chi connectivity index (χ1n) is 10.6. The van der Waals surface area contributed by atoms with Gasteiger partial charge < -0.3 is 10.2 Å². The molecule has 2 saturated heterocycles. The van der Waals surface area contributed by atoms with Gasteiger partial charge in [0, 0.05) is 31.7 Å². The minimum absolute atomic E-state index is 0.00137. The molecule has 8 heteroatoms. The highest BCUT2D eigenvalue weighted by Gasteiger charge is 2.26. The largest absolute Gasteiger partial charge is 0.333 e. The molecule has 0 radical (unpaired) electrons. The Balaban J connectivity index is 1.71. The molecule has 2 aliphatic heterocycles. The third kappa shape index (κ3) is 5.57. The van der Waals surface area contributed by atoms with Crippen molar-refractivity contribution in [2.24, 2.45) is 0 Å². The van der Waals surface area contributed by atoms with Crippen LogP contribution >= 0.6 is 0 Å². The van der Waals surface area contributed by atoms with Crippen molar-refractivity contribution < 1.29 is 18.0 Å². The molecule has 0 atom stereocenters. The van der Waals surface area contributed by atoms with Crippen LogP contribution in [0.2, 0.25) is 0 Å². The van der Waals surface area contributed by atoms with Gasteiger partial charge in [0.05, 0.1) is 11.4 Å². The van der Waals surface area contributed by atoms with Crippen LogP contribution in [0.5, 0.6) is 0 Å². The van der Waals surface area contributed by atoms with E-state index in [1.54, 1.807) is 17.0 Å². The third-order valence-electron chi connectivity index (χ3n) is 5.69. The first kappa shape index (κ1) is 21.8. The number of piperidine rings is 1. The number of hydrogen-bond acceptors (Lipinski definition) is 4. The van der Waals surface area contributed by atoms with Gasteiger partial charge in [0.2, 0.25) is 21.8 Å². The summed E-state index contributed by atoms with van der Waals surface area (Å²) in [6.45, 7) is 3.49. The maximum absolute atomic E-state index is 12.9. The molecule has 0 unspecified atom stereocenters. The number of sulfonamides is 1. The van der Waals surface area contributed by atoms with Crippen molar-refractivity contribution in [1.82, 2.24) is 9.21 Å². The van der Waals surface area contributed by atoms with Crippen LogP contribution in [0.3, 0.4) is 0 Å². The summed E-state index contributed by atoms with van der Waals surface area (Å²) in [6, 6.07) is 4.84. The van der Waals surface area contributed by atoms with Gasteiger partial charge >= 0.3 is 0 Å². The predicted octanol–water partition coefficient (Wildman–Crippen LogP) is 2.90. The fourth-order valence-corrected chi connectivity index (χ4v) is 5.44. The quantitative estimate of drug-likeness (QED) is 0.792. The number of likely N-dealkylation sites (tertiary alicyclic amines) is 1. The van der Waals surface area contributed by atoms with Crippen molar-refractivity contribution >= 4 is 27.5 Å². The average Bonchev–Trinajstić information content (AvgIpc) is 2.70. The monoisotopic (exact) mass is 421 g/mol.